The van der Waals surface area contributed by atoms with Gasteiger partial charge in [-0.15, -0.1) is 0 Å². The zero-order valence-corrected chi connectivity index (χ0v) is 14.6. The van der Waals surface area contributed by atoms with Crippen molar-refractivity contribution in [3.8, 4) is 0 Å². The number of aliphatic hydroxyl groups excluding tert-OH is 1. The molecule has 0 spiro atoms. The molecule has 1 aliphatic heterocycles. The van der Waals surface area contributed by atoms with Crippen LogP contribution < -0.4 is 0 Å². The SMILES string of the molecule is CC[C@H]1CN(CCCS(=O)(=O)N(C)C)CCN1C[C@@H](C)O. The topological polar surface area (TPSA) is 64.1 Å². The average molecular weight is 321 g/mol. The van der Waals surface area contributed by atoms with Crippen LogP contribution in [-0.4, -0.2) is 92.3 Å². The van der Waals surface area contributed by atoms with Gasteiger partial charge in [-0.25, -0.2) is 12.7 Å². The van der Waals surface area contributed by atoms with E-state index in [1.165, 1.54) is 4.31 Å². The second-order valence-electron chi connectivity index (χ2n) is 6.16. The first-order valence-corrected chi connectivity index (χ1v) is 9.41. The molecule has 1 N–H and O–H groups in total. The van der Waals surface area contributed by atoms with Gasteiger partial charge in [-0.1, -0.05) is 6.92 Å². The summed E-state index contributed by atoms with van der Waals surface area (Å²) in [6, 6.07) is 0.457. The van der Waals surface area contributed by atoms with Gasteiger partial charge in [-0.05, 0) is 26.3 Å². The normalized spacial score (nSPS) is 23.6. The molecule has 7 heteroatoms. The fourth-order valence-corrected chi connectivity index (χ4v) is 3.64. The fraction of sp³-hybridized carbons (Fsp3) is 1.00. The summed E-state index contributed by atoms with van der Waals surface area (Å²) in [5.74, 6) is 0.213. The third kappa shape index (κ3) is 6.20. The predicted molar refractivity (Wildman–Crippen MR) is 85.9 cm³/mol. The highest BCUT2D eigenvalue weighted by atomic mass is 32.2. The molecule has 1 heterocycles. The minimum Gasteiger partial charge on any atom is -0.392 e. The van der Waals surface area contributed by atoms with Crippen LogP contribution in [0, 0.1) is 0 Å². The lowest BCUT2D eigenvalue weighted by molar-refractivity contribution is 0.0368. The summed E-state index contributed by atoms with van der Waals surface area (Å²) >= 11 is 0. The number of nitrogens with zero attached hydrogens (tertiary/aromatic N) is 3. The van der Waals surface area contributed by atoms with Crippen molar-refractivity contribution in [2.45, 2.75) is 38.8 Å². The van der Waals surface area contributed by atoms with Gasteiger partial charge in [0.1, 0.15) is 0 Å². The molecule has 0 unspecified atom stereocenters. The van der Waals surface area contributed by atoms with E-state index in [-0.39, 0.29) is 11.9 Å². The summed E-state index contributed by atoms with van der Waals surface area (Å²) < 4.78 is 24.8. The van der Waals surface area contributed by atoms with Crippen LogP contribution in [0.5, 0.6) is 0 Å². The minimum atomic E-state index is -3.08. The molecule has 0 aliphatic carbocycles. The van der Waals surface area contributed by atoms with Gasteiger partial charge in [0.05, 0.1) is 11.9 Å². The van der Waals surface area contributed by atoms with Gasteiger partial charge >= 0.3 is 0 Å². The Balaban J connectivity index is 2.39. The third-order valence-corrected chi connectivity index (χ3v) is 6.01. The summed E-state index contributed by atoms with van der Waals surface area (Å²) in [7, 11) is 0.0797. The maximum absolute atomic E-state index is 11.7. The molecule has 0 saturated carbocycles. The van der Waals surface area contributed by atoms with Gasteiger partial charge in [-0.2, -0.15) is 0 Å². The molecule has 0 radical (unpaired) electrons. The first kappa shape index (κ1) is 18.8. The first-order chi connectivity index (χ1) is 9.76. The summed E-state index contributed by atoms with van der Waals surface area (Å²) in [5, 5.41) is 9.54. The van der Waals surface area contributed by atoms with Crippen molar-refractivity contribution in [2.75, 3.05) is 52.6 Å². The molecule has 6 nitrogen and oxygen atoms in total. The lowest BCUT2D eigenvalue weighted by Gasteiger charge is -2.41. The van der Waals surface area contributed by atoms with Crippen molar-refractivity contribution in [3.63, 3.8) is 0 Å². The quantitative estimate of drug-likeness (QED) is 0.684. The van der Waals surface area contributed by atoms with Crippen molar-refractivity contribution in [2.24, 2.45) is 0 Å². The van der Waals surface area contributed by atoms with Crippen LogP contribution in [0.25, 0.3) is 0 Å². The van der Waals surface area contributed by atoms with E-state index in [1.807, 2.05) is 6.92 Å². The van der Waals surface area contributed by atoms with Crippen LogP contribution in [-0.2, 0) is 10.0 Å². The van der Waals surface area contributed by atoms with E-state index >= 15 is 0 Å². The fourth-order valence-electron chi connectivity index (χ4n) is 2.78. The number of aliphatic hydroxyl groups is 1. The van der Waals surface area contributed by atoms with E-state index in [9.17, 15) is 13.5 Å². The number of sulfonamides is 1. The van der Waals surface area contributed by atoms with Crippen molar-refractivity contribution in [3.05, 3.63) is 0 Å². The van der Waals surface area contributed by atoms with E-state index in [2.05, 4.69) is 16.7 Å². The zero-order valence-electron chi connectivity index (χ0n) is 13.8. The number of rotatable bonds is 8. The second-order valence-corrected chi connectivity index (χ2v) is 8.46. The van der Waals surface area contributed by atoms with Crippen molar-refractivity contribution in [1.82, 2.24) is 14.1 Å². The van der Waals surface area contributed by atoms with E-state index in [4.69, 9.17) is 0 Å². The molecule has 1 rings (SSSR count). The van der Waals surface area contributed by atoms with Crippen molar-refractivity contribution >= 4 is 10.0 Å². The highest BCUT2D eigenvalue weighted by Crippen LogP contribution is 2.14. The molecular weight excluding hydrogens is 290 g/mol. The molecule has 0 aromatic rings. The van der Waals surface area contributed by atoms with Crippen LogP contribution in [0.4, 0.5) is 0 Å². The summed E-state index contributed by atoms with van der Waals surface area (Å²) in [4.78, 5) is 4.69. The van der Waals surface area contributed by atoms with Gasteiger partial charge < -0.3 is 10.0 Å². The molecule has 0 aromatic carbocycles. The van der Waals surface area contributed by atoms with Gasteiger partial charge in [0, 0.05) is 46.3 Å². The van der Waals surface area contributed by atoms with Gasteiger partial charge in [0.25, 0.3) is 0 Å². The Morgan fingerprint density at radius 3 is 2.52 bits per heavy atom. The van der Waals surface area contributed by atoms with E-state index in [0.717, 1.165) is 39.1 Å². The van der Waals surface area contributed by atoms with Crippen molar-refractivity contribution < 1.29 is 13.5 Å². The van der Waals surface area contributed by atoms with Crippen LogP contribution >= 0.6 is 0 Å². The van der Waals surface area contributed by atoms with Gasteiger partial charge in [0.15, 0.2) is 0 Å². The molecule has 1 aliphatic rings. The van der Waals surface area contributed by atoms with Crippen LogP contribution in [0.3, 0.4) is 0 Å². The monoisotopic (exact) mass is 321 g/mol. The number of hydrogen-bond acceptors (Lipinski definition) is 5. The van der Waals surface area contributed by atoms with Gasteiger partial charge in [0.2, 0.25) is 10.0 Å². The highest BCUT2D eigenvalue weighted by molar-refractivity contribution is 7.89. The standard InChI is InChI=1S/C14H31N3O3S/c1-5-14-12-16(8-9-17(14)11-13(2)18)7-6-10-21(19,20)15(3)4/h13-14,18H,5-12H2,1-4H3/t13-,14+/m1/s1. The lowest BCUT2D eigenvalue weighted by Crippen LogP contribution is -2.54. The second kappa shape index (κ2) is 8.43. The Bertz CT molecular complexity index is 398. The van der Waals surface area contributed by atoms with Gasteiger partial charge in [-0.3, -0.25) is 4.90 Å². The number of hydrogen-bond donors (Lipinski definition) is 1. The molecule has 1 saturated heterocycles. The molecule has 21 heavy (non-hydrogen) atoms. The number of piperazine rings is 1. The predicted octanol–water partition coefficient (Wildman–Crippen LogP) is 0.0449. The zero-order chi connectivity index (χ0) is 16.0. The maximum atomic E-state index is 11.7. The Kier molecular flexibility index (Phi) is 7.56. The van der Waals surface area contributed by atoms with E-state index in [0.29, 0.717) is 12.5 Å². The van der Waals surface area contributed by atoms with Crippen LogP contribution in [0.2, 0.25) is 0 Å². The molecule has 0 amide bonds. The van der Waals surface area contributed by atoms with E-state index in [1.54, 1.807) is 14.1 Å². The highest BCUT2D eigenvalue weighted by Gasteiger charge is 2.26. The van der Waals surface area contributed by atoms with Crippen LogP contribution in [0.1, 0.15) is 26.7 Å². The largest absolute Gasteiger partial charge is 0.392 e. The molecule has 0 aromatic heterocycles. The maximum Gasteiger partial charge on any atom is 0.213 e. The smallest absolute Gasteiger partial charge is 0.213 e. The Labute approximate surface area is 129 Å². The van der Waals surface area contributed by atoms with Crippen molar-refractivity contribution in [1.29, 1.82) is 0 Å². The summed E-state index contributed by atoms with van der Waals surface area (Å²) in [6.45, 7) is 8.40. The first-order valence-electron chi connectivity index (χ1n) is 7.81. The summed E-state index contributed by atoms with van der Waals surface area (Å²) in [6.07, 6.45) is 1.43. The molecule has 0 bridgehead atoms. The minimum absolute atomic E-state index is 0.213. The van der Waals surface area contributed by atoms with E-state index < -0.39 is 10.0 Å². The third-order valence-electron chi connectivity index (χ3n) is 4.09. The molecule has 2 atom stereocenters. The Morgan fingerprint density at radius 2 is 2.00 bits per heavy atom. The Hall–Kier alpha value is -0.210. The average Bonchev–Trinajstić information content (AvgIpc) is 2.39. The molecule has 1 fully saturated rings. The summed E-state index contributed by atoms with van der Waals surface area (Å²) in [5.41, 5.74) is 0. The Morgan fingerprint density at radius 1 is 1.33 bits per heavy atom. The lowest BCUT2D eigenvalue weighted by atomic mass is 10.1. The van der Waals surface area contributed by atoms with Crippen LogP contribution in [0.15, 0.2) is 0 Å². The number of β-amino-alcohol motifs (C(OH)–C–C–N with tert-alkyl or cyclic N) is 1. The molecule has 126 valence electrons. The molecular formula is C14H31N3O3S.